The van der Waals surface area contributed by atoms with Gasteiger partial charge in [-0.2, -0.15) is 0 Å². The highest BCUT2D eigenvalue weighted by Gasteiger charge is 2.13. The predicted molar refractivity (Wildman–Crippen MR) is 71.3 cm³/mol. The summed E-state index contributed by atoms with van der Waals surface area (Å²) < 4.78 is 4.94. The fourth-order valence-electron chi connectivity index (χ4n) is 1.53. The van der Waals surface area contributed by atoms with E-state index in [0.29, 0.717) is 11.4 Å². The monoisotopic (exact) mass is 259 g/mol. The molecule has 2 rings (SSSR count). The average Bonchev–Trinajstić information content (AvgIpc) is 2.41. The van der Waals surface area contributed by atoms with Crippen LogP contribution in [0.4, 0.5) is 11.5 Å². The van der Waals surface area contributed by atoms with Gasteiger partial charge in [0.2, 0.25) is 0 Å². The van der Waals surface area contributed by atoms with Crippen LogP contribution in [0.2, 0.25) is 0 Å². The number of pyridine rings is 1. The number of benzene rings is 1. The van der Waals surface area contributed by atoms with E-state index >= 15 is 0 Å². The number of hydrogen-bond acceptors (Lipinski definition) is 5. The maximum atomic E-state index is 12.0. The fraction of sp³-hybridized carbons (Fsp3) is 0.0769. The van der Waals surface area contributed by atoms with Gasteiger partial charge in [-0.25, -0.2) is 4.98 Å². The number of ether oxygens (including phenoxy) is 1. The van der Waals surface area contributed by atoms with Crippen molar-refractivity contribution in [1.82, 2.24) is 4.98 Å². The number of nitrogen functional groups attached to an aromatic ring is 1. The van der Waals surface area contributed by atoms with E-state index in [9.17, 15) is 9.90 Å². The number of hydrogen-bond donors (Lipinski definition) is 3. The summed E-state index contributed by atoms with van der Waals surface area (Å²) in [6, 6.07) is 7.68. The first-order valence-corrected chi connectivity index (χ1v) is 5.50. The summed E-state index contributed by atoms with van der Waals surface area (Å²) in [5.74, 6) is 0.0472. The summed E-state index contributed by atoms with van der Waals surface area (Å²) in [6.07, 6.45) is 1.51. The Bertz CT molecular complexity index is 614. The summed E-state index contributed by atoms with van der Waals surface area (Å²) in [7, 11) is 1.48. The van der Waals surface area contributed by atoms with E-state index in [0.717, 1.165) is 0 Å². The van der Waals surface area contributed by atoms with E-state index in [2.05, 4.69) is 10.3 Å². The molecule has 0 aliphatic rings. The number of carbonyl (C=O) groups is 1. The molecule has 0 aliphatic carbocycles. The van der Waals surface area contributed by atoms with Crippen LogP contribution in [-0.2, 0) is 0 Å². The summed E-state index contributed by atoms with van der Waals surface area (Å²) in [5, 5.41) is 12.3. The van der Waals surface area contributed by atoms with Gasteiger partial charge in [-0.15, -0.1) is 0 Å². The second-order valence-electron chi connectivity index (χ2n) is 3.78. The smallest absolute Gasteiger partial charge is 0.260 e. The summed E-state index contributed by atoms with van der Waals surface area (Å²) >= 11 is 0. The number of aromatic hydroxyl groups is 1. The van der Waals surface area contributed by atoms with E-state index in [1.165, 1.54) is 25.4 Å². The van der Waals surface area contributed by atoms with Gasteiger partial charge in [0.1, 0.15) is 11.5 Å². The Hall–Kier alpha value is -2.76. The first kappa shape index (κ1) is 12.7. The number of amides is 1. The lowest BCUT2D eigenvalue weighted by atomic mass is 10.2. The number of phenols is 1. The van der Waals surface area contributed by atoms with Crippen molar-refractivity contribution >= 4 is 17.4 Å². The minimum Gasteiger partial charge on any atom is -0.507 e. The molecular formula is C13H13N3O3. The minimum absolute atomic E-state index is 0.117. The fourth-order valence-corrected chi connectivity index (χ4v) is 1.53. The molecule has 0 fully saturated rings. The van der Waals surface area contributed by atoms with Crippen LogP contribution in [0.25, 0.3) is 0 Å². The Kier molecular flexibility index (Phi) is 3.51. The maximum absolute atomic E-state index is 12.0. The molecule has 1 aromatic heterocycles. The van der Waals surface area contributed by atoms with Crippen molar-refractivity contribution in [3.05, 3.63) is 42.1 Å². The Morgan fingerprint density at radius 3 is 2.84 bits per heavy atom. The standard InChI is InChI=1S/C13H13N3O3/c1-19-8-4-5-9(11(17)7-8)13(18)16-12-10(14)3-2-6-15-12/h2-7,17H,14H2,1H3,(H,15,16,18). The lowest BCUT2D eigenvalue weighted by Gasteiger charge is -2.08. The lowest BCUT2D eigenvalue weighted by Crippen LogP contribution is -2.14. The van der Waals surface area contributed by atoms with Gasteiger partial charge in [0.25, 0.3) is 5.91 Å². The van der Waals surface area contributed by atoms with E-state index in [-0.39, 0.29) is 17.1 Å². The zero-order chi connectivity index (χ0) is 13.8. The van der Waals surface area contributed by atoms with Crippen LogP contribution < -0.4 is 15.8 Å². The maximum Gasteiger partial charge on any atom is 0.260 e. The average molecular weight is 259 g/mol. The van der Waals surface area contributed by atoms with Gasteiger partial charge in [-0.1, -0.05) is 0 Å². The van der Waals surface area contributed by atoms with Gasteiger partial charge in [0, 0.05) is 12.3 Å². The van der Waals surface area contributed by atoms with Gasteiger partial charge in [0.05, 0.1) is 18.4 Å². The van der Waals surface area contributed by atoms with Crippen LogP contribution in [0.15, 0.2) is 36.5 Å². The highest BCUT2D eigenvalue weighted by atomic mass is 16.5. The summed E-state index contributed by atoms with van der Waals surface area (Å²) in [4.78, 5) is 15.9. The quantitative estimate of drug-likeness (QED) is 0.778. The number of methoxy groups -OCH3 is 1. The van der Waals surface area contributed by atoms with E-state index in [1.54, 1.807) is 18.2 Å². The van der Waals surface area contributed by atoms with Gasteiger partial charge in [-0.3, -0.25) is 4.79 Å². The SMILES string of the molecule is COc1ccc(C(=O)Nc2ncccc2N)c(O)c1. The molecule has 1 heterocycles. The van der Waals surface area contributed by atoms with E-state index < -0.39 is 5.91 Å². The topological polar surface area (TPSA) is 97.5 Å². The molecule has 0 saturated carbocycles. The number of nitrogens with zero attached hydrogens (tertiary/aromatic N) is 1. The number of nitrogens with two attached hydrogens (primary N) is 1. The first-order valence-electron chi connectivity index (χ1n) is 5.50. The molecule has 6 heteroatoms. The molecule has 6 nitrogen and oxygen atoms in total. The Labute approximate surface area is 109 Å². The third-order valence-corrected chi connectivity index (χ3v) is 2.52. The largest absolute Gasteiger partial charge is 0.507 e. The third-order valence-electron chi connectivity index (χ3n) is 2.52. The molecule has 0 atom stereocenters. The Balaban J connectivity index is 2.23. The van der Waals surface area contributed by atoms with Gasteiger partial charge in [0.15, 0.2) is 5.82 Å². The zero-order valence-corrected chi connectivity index (χ0v) is 10.3. The van der Waals surface area contributed by atoms with Crippen LogP contribution in [0.1, 0.15) is 10.4 Å². The number of rotatable bonds is 3. The highest BCUT2D eigenvalue weighted by molar-refractivity contribution is 6.06. The molecule has 98 valence electrons. The molecule has 0 saturated heterocycles. The molecule has 0 spiro atoms. The molecule has 19 heavy (non-hydrogen) atoms. The molecule has 0 aliphatic heterocycles. The molecular weight excluding hydrogens is 246 g/mol. The van der Waals surface area contributed by atoms with Crippen LogP contribution >= 0.6 is 0 Å². The second-order valence-corrected chi connectivity index (χ2v) is 3.78. The van der Waals surface area contributed by atoms with Gasteiger partial charge in [-0.05, 0) is 24.3 Å². The van der Waals surface area contributed by atoms with E-state index in [1.807, 2.05) is 0 Å². The third kappa shape index (κ3) is 2.74. The van der Waals surface area contributed by atoms with Crippen molar-refractivity contribution in [1.29, 1.82) is 0 Å². The lowest BCUT2D eigenvalue weighted by molar-refractivity contribution is 0.102. The van der Waals surface area contributed by atoms with Crippen LogP contribution in [0.5, 0.6) is 11.5 Å². The van der Waals surface area contributed by atoms with Gasteiger partial charge < -0.3 is 20.9 Å². The minimum atomic E-state index is -0.495. The molecule has 1 aromatic carbocycles. The second kappa shape index (κ2) is 5.26. The van der Waals surface area contributed by atoms with Gasteiger partial charge >= 0.3 is 0 Å². The van der Waals surface area contributed by atoms with Crippen molar-refractivity contribution in [3.8, 4) is 11.5 Å². The molecule has 4 N–H and O–H groups in total. The number of aromatic nitrogens is 1. The first-order chi connectivity index (χ1) is 9.11. The molecule has 2 aromatic rings. The van der Waals surface area contributed by atoms with Crippen LogP contribution in [-0.4, -0.2) is 23.1 Å². The predicted octanol–water partition coefficient (Wildman–Crippen LogP) is 1.63. The Morgan fingerprint density at radius 1 is 1.42 bits per heavy atom. The number of carbonyl (C=O) groups excluding carboxylic acids is 1. The number of nitrogens with one attached hydrogen (secondary N) is 1. The zero-order valence-electron chi connectivity index (χ0n) is 10.3. The molecule has 0 unspecified atom stereocenters. The van der Waals surface area contributed by atoms with Crippen molar-refractivity contribution in [3.63, 3.8) is 0 Å². The summed E-state index contributed by atoms with van der Waals surface area (Å²) in [6.45, 7) is 0. The number of anilines is 2. The van der Waals surface area contributed by atoms with Crippen molar-refractivity contribution in [2.45, 2.75) is 0 Å². The number of phenolic OH excluding ortho intramolecular Hbond substituents is 1. The normalized spacial score (nSPS) is 9.95. The summed E-state index contributed by atoms with van der Waals surface area (Å²) in [5.41, 5.74) is 6.14. The van der Waals surface area contributed by atoms with Crippen molar-refractivity contribution < 1.29 is 14.6 Å². The molecule has 0 bridgehead atoms. The van der Waals surface area contributed by atoms with Crippen molar-refractivity contribution in [2.24, 2.45) is 0 Å². The van der Waals surface area contributed by atoms with E-state index in [4.69, 9.17) is 10.5 Å². The Morgan fingerprint density at radius 2 is 2.21 bits per heavy atom. The van der Waals surface area contributed by atoms with Crippen molar-refractivity contribution in [2.75, 3.05) is 18.2 Å². The molecule has 1 amide bonds. The highest BCUT2D eigenvalue weighted by Crippen LogP contribution is 2.24. The molecule has 0 radical (unpaired) electrons. The van der Waals surface area contributed by atoms with Crippen LogP contribution in [0, 0.1) is 0 Å². The van der Waals surface area contributed by atoms with Crippen LogP contribution in [0.3, 0.4) is 0 Å².